The van der Waals surface area contributed by atoms with Crippen molar-refractivity contribution in [3.05, 3.63) is 71.8 Å². The van der Waals surface area contributed by atoms with E-state index in [0.717, 1.165) is 11.1 Å². The molecule has 0 saturated heterocycles. The second-order valence-electron chi connectivity index (χ2n) is 13.0. The minimum absolute atomic E-state index is 0.0533. The van der Waals surface area contributed by atoms with Crippen molar-refractivity contribution in [2.75, 3.05) is 7.11 Å². The maximum Gasteiger partial charge on any atom is 0.328 e. The number of amides is 4. The highest BCUT2D eigenvalue weighted by atomic mass is 16.5. The summed E-state index contributed by atoms with van der Waals surface area (Å²) in [6.07, 6.45) is -0.745. The highest BCUT2D eigenvalue weighted by molar-refractivity contribution is 5.92. The van der Waals surface area contributed by atoms with Gasteiger partial charge >= 0.3 is 5.97 Å². The molecule has 0 spiro atoms. The zero-order valence-corrected chi connectivity index (χ0v) is 29.1. The molecule has 0 heterocycles. The molecule has 0 aliphatic rings. The van der Waals surface area contributed by atoms with Gasteiger partial charge in [-0.2, -0.15) is 0 Å². The topological polar surface area (TPSA) is 189 Å². The lowest BCUT2D eigenvalue weighted by atomic mass is 9.88. The van der Waals surface area contributed by atoms with E-state index in [2.05, 4.69) is 21.3 Å². The summed E-state index contributed by atoms with van der Waals surface area (Å²) in [5, 5.41) is 22.7. The molecule has 48 heavy (non-hydrogen) atoms. The maximum absolute atomic E-state index is 14.0. The van der Waals surface area contributed by atoms with Crippen LogP contribution in [0.4, 0.5) is 0 Å². The molecule has 0 aliphatic heterocycles. The first-order valence-electron chi connectivity index (χ1n) is 16.4. The quantitative estimate of drug-likeness (QED) is 0.129. The third kappa shape index (κ3) is 12.7. The number of hydrogen-bond acceptors (Lipinski definition) is 8. The van der Waals surface area contributed by atoms with E-state index >= 15 is 0 Å². The molecular formula is C36H53N5O7. The van der Waals surface area contributed by atoms with Crippen LogP contribution < -0.4 is 27.0 Å². The molecule has 7 N–H and O–H groups in total. The van der Waals surface area contributed by atoms with Crippen molar-refractivity contribution in [2.24, 2.45) is 23.5 Å². The van der Waals surface area contributed by atoms with E-state index in [1.807, 2.05) is 60.7 Å². The lowest BCUT2D eigenvalue weighted by molar-refractivity contribution is -0.147. The molecule has 7 atom stereocenters. The van der Waals surface area contributed by atoms with Crippen LogP contribution in [0.5, 0.6) is 0 Å². The predicted octanol–water partition coefficient (Wildman–Crippen LogP) is 1.63. The normalized spacial score (nSPS) is 15.6. The number of hydrogen-bond donors (Lipinski definition) is 6. The molecule has 0 aliphatic carbocycles. The fraction of sp³-hybridized carbons (Fsp3) is 0.528. The van der Waals surface area contributed by atoms with Gasteiger partial charge in [0.1, 0.15) is 18.1 Å². The summed E-state index contributed by atoms with van der Waals surface area (Å²) in [5.41, 5.74) is 7.33. The Morgan fingerprint density at radius 3 is 1.65 bits per heavy atom. The van der Waals surface area contributed by atoms with Crippen LogP contribution in [0.25, 0.3) is 0 Å². The van der Waals surface area contributed by atoms with Gasteiger partial charge in [-0.3, -0.25) is 19.2 Å². The van der Waals surface area contributed by atoms with E-state index < -0.39 is 71.8 Å². The zero-order valence-electron chi connectivity index (χ0n) is 29.1. The standard InChI is InChI=1S/C36H53N5O7/c1-21(2)30(35(46)41-31(22(3)4)36(47)48-7)40-34(45)27(18-25-14-10-8-11-15-25)20-29(42)28(19-26-16-12-9-13-17-26)39-33(44)24(6)38-32(43)23(5)37/h8-17,21-24,27-31,42H,18-20,37H2,1-7H3,(H,38,43)(H,39,44)(H,40,45)(H,41,46)/t23-,24-,27+,28-,29-,30+,31+/m0/s1. The summed E-state index contributed by atoms with van der Waals surface area (Å²) in [4.78, 5) is 65.0. The van der Waals surface area contributed by atoms with E-state index in [9.17, 15) is 29.1 Å². The van der Waals surface area contributed by atoms with Gasteiger partial charge in [0.05, 0.1) is 25.3 Å². The highest BCUT2D eigenvalue weighted by Gasteiger charge is 2.34. The van der Waals surface area contributed by atoms with Gasteiger partial charge in [0.15, 0.2) is 0 Å². The number of benzene rings is 2. The number of ether oxygens (including phenoxy) is 1. The van der Waals surface area contributed by atoms with Gasteiger partial charge in [0.2, 0.25) is 23.6 Å². The Bertz CT molecular complexity index is 1340. The van der Waals surface area contributed by atoms with Crippen LogP contribution in [0.3, 0.4) is 0 Å². The summed E-state index contributed by atoms with van der Waals surface area (Å²) in [7, 11) is 1.25. The zero-order chi connectivity index (χ0) is 36.0. The molecule has 0 fully saturated rings. The molecule has 0 bridgehead atoms. The van der Waals surface area contributed by atoms with Crippen molar-refractivity contribution in [2.45, 2.75) is 97.1 Å². The van der Waals surface area contributed by atoms with Gasteiger partial charge in [0.25, 0.3) is 0 Å². The molecule has 0 radical (unpaired) electrons. The van der Waals surface area contributed by atoms with Gasteiger partial charge in [-0.05, 0) is 56.1 Å². The number of rotatable bonds is 18. The third-order valence-corrected chi connectivity index (χ3v) is 8.14. The first-order chi connectivity index (χ1) is 22.6. The molecular weight excluding hydrogens is 614 g/mol. The summed E-state index contributed by atoms with van der Waals surface area (Å²) < 4.78 is 4.86. The fourth-order valence-electron chi connectivity index (χ4n) is 5.18. The van der Waals surface area contributed by atoms with E-state index in [-0.39, 0.29) is 31.1 Å². The maximum atomic E-state index is 14.0. The van der Waals surface area contributed by atoms with Gasteiger partial charge in [-0.15, -0.1) is 0 Å². The molecule has 12 heteroatoms. The van der Waals surface area contributed by atoms with Crippen LogP contribution in [0.1, 0.15) is 59.1 Å². The second kappa shape index (κ2) is 19.5. The van der Waals surface area contributed by atoms with Crippen molar-refractivity contribution in [3.8, 4) is 0 Å². The monoisotopic (exact) mass is 667 g/mol. The molecule has 0 unspecified atom stereocenters. The number of methoxy groups -OCH3 is 1. The van der Waals surface area contributed by atoms with Crippen molar-refractivity contribution in [1.82, 2.24) is 21.3 Å². The van der Waals surface area contributed by atoms with Crippen molar-refractivity contribution in [3.63, 3.8) is 0 Å². The van der Waals surface area contributed by atoms with Crippen LogP contribution in [0.15, 0.2) is 60.7 Å². The lowest BCUT2D eigenvalue weighted by Gasteiger charge is -2.30. The fourth-order valence-corrected chi connectivity index (χ4v) is 5.18. The van der Waals surface area contributed by atoms with E-state index in [1.54, 1.807) is 27.7 Å². The minimum atomic E-state index is -1.19. The highest BCUT2D eigenvalue weighted by Crippen LogP contribution is 2.20. The Morgan fingerprint density at radius 1 is 0.667 bits per heavy atom. The number of aliphatic hydroxyl groups is 1. The Hall–Kier alpha value is -4.29. The Morgan fingerprint density at radius 2 is 1.17 bits per heavy atom. The number of nitrogens with one attached hydrogen (secondary N) is 4. The van der Waals surface area contributed by atoms with E-state index in [4.69, 9.17) is 10.5 Å². The molecule has 0 aromatic heterocycles. The smallest absolute Gasteiger partial charge is 0.328 e. The number of nitrogens with two attached hydrogens (primary N) is 1. The van der Waals surface area contributed by atoms with Crippen LogP contribution >= 0.6 is 0 Å². The Labute approximate surface area is 284 Å². The average Bonchev–Trinajstić information content (AvgIpc) is 3.05. The second-order valence-corrected chi connectivity index (χ2v) is 13.0. The molecule has 0 saturated carbocycles. The van der Waals surface area contributed by atoms with Gasteiger partial charge in [0, 0.05) is 5.92 Å². The summed E-state index contributed by atoms with van der Waals surface area (Å²) in [6.45, 7) is 10.2. The molecule has 2 rings (SSSR count). The Balaban J connectivity index is 2.36. The van der Waals surface area contributed by atoms with Crippen LogP contribution in [0.2, 0.25) is 0 Å². The lowest BCUT2D eigenvalue weighted by Crippen LogP contribution is -2.56. The number of esters is 1. The van der Waals surface area contributed by atoms with E-state index in [0.29, 0.717) is 0 Å². The molecule has 4 amide bonds. The van der Waals surface area contributed by atoms with Crippen LogP contribution in [0, 0.1) is 17.8 Å². The van der Waals surface area contributed by atoms with Gasteiger partial charge in [-0.25, -0.2) is 4.79 Å². The number of aliphatic hydroxyl groups excluding tert-OH is 1. The molecule has 2 aromatic carbocycles. The van der Waals surface area contributed by atoms with Crippen molar-refractivity contribution in [1.29, 1.82) is 0 Å². The van der Waals surface area contributed by atoms with E-state index in [1.165, 1.54) is 21.0 Å². The van der Waals surface area contributed by atoms with Crippen molar-refractivity contribution < 1.29 is 33.8 Å². The largest absolute Gasteiger partial charge is 0.467 e. The SMILES string of the molecule is COC(=O)[C@H](NC(=O)[C@H](NC(=O)[C@H](Cc1ccccc1)C[C@H](O)[C@H](Cc1ccccc1)NC(=O)[C@H](C)NC(=O)[C@H](C)N)C(C)C)C(C)C. The van der Waals surface area contributed by atoms with Gasteiger partial charge in [-0.1, -0.05) is 88.4 Å². The molecule has 12 nitrogen and oxygen atoms in total. The van der Waals surface area contributed by atoms with Crippen molar-refractivity contribution >= 4 is 29.6 Å². The van der Waals surface area contributed by atoms with Crippen LogP contribution in [-0.4, -0.2) is 78.1 Å². The van der Waals surface area contributed by atoms with Gasteiger partial charge < -0.3 is 36.8 Å². The summed E-state index contributed by atoms with van der Waals surface area (Å²) >= 11 is 0. The third-order valence-electron chi connectivity index (χ3n) is 8.14. The predicted molar refractivity (Wildman–Crippen MR) is 183 cm³/mol. The average molecular weight is 668 g/mol. The summed E-state index contributed by atoms with van der Waals surface area (Å²) in [5.74, 6) is -3.98. The first kappa shape index (κ1) is 39.9. The number of carbonyl (C=O) groups is 5. The minimum Gasteiger partial charge on any atom is -0.467 e. The number of carbonyl (C=O) groups excluding carboxylic acids is 5. The Kier molecular flexibility index (Phi) is 16.2. The van der Waals surface area contributed by atoms with Crippen LogP contribution in [-0.2, 0) is 41.6 Å². The molecule has 2 aromatic rings. The molecule has 264 valence electrons. The first-order valence-corrected chi connectivity index (χ1v) is 16.4. The summed E-state index contributed by atoms with van der Waals surface area (Å²) in [6, 6.07) is 14.1.